The van der Waals surface area contributed by atoms with Gasteiger partial charge in [-0.2, -0.15) is 26.3 Å². The van der Waals surface area contributed by atoms with Gasteiger partial charge in [0.15, 0.2) is 0 Å². The van der Waals surface area contributed by atoms with Crippen molar-refractivity contribution in [1.29, 1.82) is 0 Å². The minimum Gasteiger partial charge on any atom is -0.458 e. The summed E-state index contributed by atoms with van der Waals surface area (Å²) in [6.07, 6.45) is 3.41. The average molecular weight is 1970 g/mol. The predicted octanol–water partition coefficient (Wildman–Crippen LogP) is 24.8. The molecular weight excluding hydrogens is 1890 g/mol. The molecule has 0 radical (unpaired) electrons. The fourth-order valence-electron chi connectivity index (χ4n) is 22.3. The summed E-state index contributed by atoms with van der Waals surface area (Å²) in [4.78, 5) is 23.4. The van der Waals surface area contributed by atoms with Crippen molar-refractivity contribution in [3.63, 3.8) is 0 Å². The van der Waals surface area contributed by atoms with E-state index in [0.29, 0.717) is 51.5 Å². The normalized spacial score (nSPS) is 13.8. The maximum Gasteiger partial charge on any atom is 0.416 e. The molecule has 0 saturated heterocycles. The molecule has 31 rings (SSSR count). The molecule has 19 aromatic rings. The van der Waals surface area contributed by atoms with Gasteiger partial charge in [0.1, 0.15) is 131 Å². The molecule has 12 aliphatic heterocycles. The number of aromatic nitrogens is 5. The molecule has 0 amide bonds. The lowest BCUT2D eigenvalue weighted by Gasteiger charge is -2.38. The van der Waals surface area contributed by atoms with Crippen LogP contribution in [0.25, 0.3) is 77.9 Å². The second-order valence-electron chi connectivity index (χ2n) is 39.1. The third-order valence-corrected chi connectivity index (χ3v) is 31.5. The second-order valence-corrected chi connectivity index (χ2v) is 41.1. The van der Waals surface area contributed by atoms with E-state index in [-0.39, 0.29) is 26.9 Å². The molecule has 0 bridgehead atoms. The van der Waals surface area contributed by atoms with Crippen LogP contribution in [0.1, 0.15) is 87.1 Å². The SMILES string of the molecule is CC(C)c1cc2c3c(c1)Oc1cc(C(C)C)cc4c1B3c1c(cc(C(C)C)cc1O4)O2.FC(F)(F)c1ccc(-c2cc3c4c(c2)Sc2ncnc5c2B4c2c(cc(-c4ccc(C(F)(F)F)cc4)cc2S5)O3)cc1.c1cc(-c2cc3c4c(c2)Oc2cc(-c5ccncc5)cc5c2B4c2c(cc(-c4ccncc4)cc2O5)O3)ccn1.c1ccc(-c2cc3c4c(c2)Oc2cc(-c5ccccc5)cc5c2B4c2c(cccc2O5)O3)cc1. The number of ether oxygens (including phenoxy) is 10. The summed E-state index contributed by atoms with van der Waals surface area (Å²) in [6, 6.07) is 90.6. The van der Waals surface area contributed by atoms with Gasteiger partial charge in [0.05, 0.1) is 11.1 Å². The van der Waals surface area contributed by atoms with Gasteiger partial charge in [0, 0.05) is 96.1 Å². The zero-order chi connectivity index (χ0) is 99.0. The van der Waals surface area contributed by atoms with Crippen molar-refractivity contribution in [1.82, 2.24) is 24.9 Å². The summed E-state index contributed by atoms with van der Waals surface area (Å²) < 4.78 is 145. The molecule has 0 spiro atoms. The van der Waals surface area contributed by atoms with E-state index in [2.05, 4.69) is 212 Å². The molecule has 0 unspecified atom stereocenters. The summed E-state index contributed by atoms with van der Waals surface area (Å²) in [5.74, 6) is 17.6. The predicted molar refractivity (Wildman–Crippen MR) is 564 cm³/mol. The average Bonchev–Trinajstić information content (AvgIpc) is 0.714. The minimum atomic E-state index is -4.44. The molecule has 12 aliphatic rings. The summed E-state index contributed by atoms with van der Waals surface area (Å²) in [7, 11) is 0. The zero-order valence-corrected chi connectivity index (χ0v) is 80.8. The quantitative estimate of drug-likeness (QED) is 0.0723. The first-order chi connectivity index (χ1) is 71.5. The van der Waals surface area contributed by atoms with Gasteiger partial charge in [-0.15, -0.1) is 0 Å². The number of benzene rings is 15. The highest BCUT2D eigenvalue weighted by atomic mass is 32.2. The topological polar surface area (TPSA) is 157 Å². The van der Waals surface area contributed by atoms with Crippen LogP contribution in [0.5, 0.6) is 115 Å². The Balaban J connectivity index is 0.0000000953. The molecule has 15 nitrogen and oxygen atoms in total. The fraction of sp³-hybridized carbons (Fsp3) is 0.0917. The van der Waals surface area contributed by atoms with Crippen LogP contribution in [0, 0.1) is 0 Å². The molecule has 15 aromatic carbocycles. The number of rotatable bonds is 10. The van der Waals surface area contributed by atoms with Crippen LogP contribution >= 0.6 is 23.5 Å². The maximum atomic E-state index is 13.2. The zero-order valence-electron chi connectivity index (χ0n) is 79.1. The third kappa shape index (κ3) is 14.6. The number of hydrogen-bond acceptors (Lipinski definition) is 17. The summed E-state index contributed by atoms with van der Waals surface area (Å²) >= 11 is 2.94. The Morgan fingerprint density at radius 1 is 0.211 bits per heavy atom. The molecule has 0 fully saturated rings. The van der Waals surface area contributed by atoms with Crippen molar-refractivity contribution in [3.05, 3.63) is 356 Å². The lowest BCUT2D eigenvalue weighted by Crippen LogP contribution is -2.60. The smallest absolute Gasteiger partial charge is 0.416 e. The van der Waals surface area contributed by atoms with Crippen LogP contribution in [0.3, 0.4) is 0 Å². The molecule has 0 aliphatic carbocycles. The Bertz CT molecular complexity index is 8070. The number of alkyl halides is 6. The van der Waals surface area contributed by atoms with Crippen molar-refractivity contribution in [2.24, 2.45) is 0 Å². The Morgan fingerprint density at radius 3 is 0.673 bits per heavy atom. The van der Waals surface area contributed by atoms with Gasteiger partial charge in [0.2, 0.25) is 0 Å². The second kappa shape index (κ2) is 33.5. The summed E-state index contributed by atoms with van der Waals surface area (Å²) in [5, 5.41) is 1.59. The third-order valence-electron chi connectivity index (χ3n) is 29.4. The summed E-state index contributed by atoms with van der Waals surface area (Å²) in [5.41, 5.74) is 27.9. The molecule has 0 N–H and O–H groups in total. The van der Waals surface area contributed by atoms with Crippen molar-refractivity contribution in [2.75, 3.05) is 0 Å². The van der Waals surface area contributed by atoms with Crippen LogP contribution < -0.4 is 113 Å². The largest absolute Gasteiger partial charge is 0.458 e. The molecule has 16 heterocycles. The summed E-state index contributed by atoms with van der Waals surface area (Å²) in [6.45, 7) is 13.1. The van der Waals surface area contributed by atoms with E-state index >= 15 is 0 Å². The molecule has 0 saturated carbocycles. The number of pyridine rings is 3. The van der Waals surface area contributed by atoms with Gasteiger partial charge < -0.3 is 47.4 Å². The van der Waals surface area contributed by atoms with Gasteiger partial charge in [-0.25, -0.2) is 9.97 Å². The van der Waals surface area contributed by atoms with Crippen molar-refractivity contribution < 1.29 is 73.7 Å². The Morgan fingerprint density at radius 2 is 0.422 bits per heavy atom. The van der Waals surface area contributed by atoms with E-state index < -0.39 is 23.5 Å². The van der Waals surface area contributed by atoms with Crippen molar-refractivity contribution in [2.45, 2.75) is 91.5 Å². The van der Waals surface area contributed by atoms with E-state index in [0.717, 1.165) is 269 Å². The first-order valence-electron chi connectivity index (χ1n) is 48.6. The molecule has 706 valence electrons. The van der Waals surface area contributed by atoms with Crippen LogP contribution in [0.4, 0.5) is 26.3 Å². The standard InChI is InChI=1S/C33H18BN3O3.C30H13BF6N2OS2.C30H17BO3.C27H27BO3/c1-7-35-8-2-19(1)22-13-25-31-26(14-22)39-28-16-24(21-5-11-37-12-6-21)18-30-33(28)34(31)32-27(38-25)15-23(17-29(32)40-30)20-3-9-36-10-4-20;32-29(33,34)18-5-1-14(2-6-18)16-9-20-24-22(11-16)41-27-26-28(39-13-38-27)42-23-12-17(10-21(40-20)25(23)31(24)26)15-3-7-19(8-4-15)30(35,36)37;1-3-8-18(9-4-1)20-14-24-29-26(16-20)34-27-17-21(19-10-5-2-6-11-19)15-25-30(27)31(29)28-22(32-24)12-7-13-23(28)33-25;1-13(2)16-7-19-25-20(8-16)30-22-10-18(15(5)6)12-24-27(22)28(25)26-21(29-19)9-17(14(3)4)11-23(26)31-24/h1-18H;1-13H;1-17H;7-15H,1-6H3. The van der Waals surface area contributed by atoms with E-state index in [1.54, 1.807) is 37.2 Å². The highest BCUT2D eigenvalue weighted by Gasteiger charge is 2.53. The first-order valence-corrected chi connectivity index (χ1v) is 50.2. The molecule has 0 atom stereocenters. The van der Waals surface area contributed by atoms with E-state index in [1.165, 1.54) is 70.8 Å². The van der Waals surface area contributed by atoms with Gasteiger partial charge >= 0.3 is 12.4 Å². The monoisotopic (exact) mass is 1970 g/mol. The van der Waals surface area contributed by atoms with E-state index in [4.69, 9.17) is 47.4 Å². The van der Waals surface area contributed by atoms with Crippen LogP contribution in [0.2, 0.25) is 0 Å². The Labute approximate surface area is 849 Å². The van der Waals surface area contributed by atoms with Crippen LogP contribution in [-0.4, -0.2) is 51.8 Å². The lowest BCUT2D eigenvalue weighted by atomic mass is 9.33. The number of nitrogens with zero attached hydrogens (tertiary/aromatic N) is 5. The van der Waals surface area contributed by atoms with Gasteiger partial charge in [-0.1, -0.05) is 156 Å². The fourth-order valence-corrected chi connectivity index (χ4v) is 24.6. The number of halogens is 6. The van der Waals surface area contributed by atoms with Crippen LogP contribution in [-0.2, 0) is 12.4 Å². The van der Waals surface area contributed by atoms with E-state index in [9.17, 15) is 26.3 Å². The molecular formula is C120H75B4F6N5O10S2. The lowest BCUT2D eigenvalue weighted by molar-refractivity contribution is -0.138. The Kier molecular flexibility index (Phi) is 20.1. The highest BCUT2D eigenvalue weighted by molar-refractivity contribution is 8.01. The Hall–Kier alpha value is -16.6. The minimum absolute atomic E-state index is 0.0205. The highest BCUT2D eigenvalue weighted by Crippen LogP contribution is 2.54. The first kappa shape index (κ1) is 88.1. The van der Waals surface area contributed by atoms with Gasteiger partial charge in [-0.3, -0.25) is 15.0 Å². The maximum absolute atomic E-state index is 13.2. The van der Waals surface area contributed by atoms with Crippen molar-refractivity contribution in [3.8, 4) is 193 Å². The molecule has 147 heavy (non-hydrogen) atoms. The number of hydrogen-bond donors (Lipinski definition) is 0. The molecule has 27 heteroatoms. The van der Waals surface area contributed by atoms with Gasteiger partial charge in [0.25, 0.3) is 26.9 Å². The molecule has 4 aromatic heterocycles. The van der Waals surface area contributed by atoms with E-state index in [1.807, 2.05) is 91.0 Å². The van der Waals surface area contributed by atoms with Crippen LogP contribution in [0.15, 0.2) is 348 Å². The van der Waals surface area contributed by atoms with Crippen molar-refractivity contribution >= 4 is 116 Å². The van der Waals surface area contributed by atoms with Gasteiger partial charge in [-0.05, 0) is 323 Å².